The van der Waals surface area contributed by atoms with E-state index >= 15 is 0 Å². The molecule has 0 unspecified atom stereocenters. The fourth-order valence-electron chi connectivity index (χ4n) is 1.49. The zero-order chi connectivity index (χ0) is 12.8. The predicted molar refractivity (Wildman–Crippen MR) is 87.4 cm³/mol. The molecule has 0 aliphatic carbocycles. The van der Waals surface area contributed by atoms with E-state index < -0.39 is 0 Å². The molecule has 0 spiro atoms. The minimum Gasteiger partial charge on any atom is -0.492 e. The number of rotatable bonds is 6. The van der Waals surface area contributed by atoms with Gasteiger partial charge in [-0.25, -0.2) is 0 Å². The predicted octanol–water partition coefficient (Wildman–Crippen LogP) is 3.19. The topological polar surface area (TPSA) is 15.7 Å². The maximum atomic E-state index is 6.00. The van der Waals surface area contributed by atoms with Crippen LogP contribution in [-0.2, 0) is 6.54 Å². The van der Waals surface area contributed by atoms with E-state index in [2.05, 4.69) is 9.80 Å². The molecular formula is C13H23Cl3N2O. The summed E-state index contributed by atoms with van der Waals surface area (Å²) in [7, 11) is 8.13. The lowest BCUT2D eigenvalue weighted by atomic mass is 10.2. The molecule has 0 bridgehead atoms. The van der Waals surface area contributed by atoms with Crippen molar-refractivity contribution in [1.29, 1.82) is 0 Å². The van der Waals surface area contributed by atoms with Gasteiger partial charge < -0.3 is 14.5 Å². The molecule has 0 radical (unpaired) electrons. The summed E-state index contributed by atoms with van der Waals surface area (Å²) >= 11 is 6.00. The Bertz CT molecular complexity index is 360. The van der Waals surface area contributed by atoms with E-state index in [1.54, 1.807) is 0 Å². The molecule has 1 rings (SSSR count). The highest BCUT2D eigenvalue weighted by Crippen LogP contribution is 2.23. The van der Waals surface area contributed by atoms with Gasteiger partial charge in [0.05, 0.1) is 0 Å². The molecule has 0 fully saturated rings. The number of hydrogen-bond donors (Lipinski definition) is 0. The number of ether oxygens (including phenoxy) is 1. The molecule has 112 valence electrons. The van der Waals surface area contributed by atoms with Crippen LogP contribution in [0.25, 0.3) is 0 Å². The highest BCUT2D eigenvalue weighted by Gasteiger charge is 2.06. The molecule has 6 heteroatoms. The second-order valence-corrected chi connectivity index (χ2v) is 5.08. The molecule has 0 aliphatic rings. The van der Waals surface area contributed by atoms with Gasteiger partial charge in [0.15, 0.2) is 0 Å². The molecule has 0 saturated heterocycles. The van der Waals surface area contributed by atoms with E-state index in [4.69, 9.17) is 16.3 Å². The number of halogens is 3. The van der Waals surface area contributed by atoms with Gasteiger partial charge in [-0.3, -0.25) is 0 Å². The highest BCUT2D eigenvalue weighted by atomic mass is 35.5. The average molecular weight is 330 g/mol. The van der Waals surface area contributed by atoms with Gasteiger partial charge in [-0.2, -0.15) is 0 Å². The molecule has 0 atom stereocenters. The normalized spacial score (nSPS) is 10.1. The minimum absolute atomic E-state index is 0. The molecular weight excluding hydrogens is 307 g/mol. The lowest BCUT2D eigenvalue weighted by molar-refractivity contribution is 0.256. The Morgan fingerprint density at radius 3 is 2.21 bits per heavy atom. The third-order valence-electron chi connectivity index (χ3n) is 2.31. The van der Waals surface area contributed by atoms with Crippen LogP contribution >= 0.6 is 36.4 Å². The van der Waals surface area contributed by atoms with Crippen molar-refractivity contribution in [2.45, 2.75) is 6.54 Å². The molecule has 0 N–H and O–H groups in total. The fourth-order valence-corrected chi connectivity index (χ4v) is 1.69. The van der Waals surface area contributed by atoms with E-state index in [1.807, 2.05) is 46.4 Å². The summed E-state index contributed by atoms with van der Waals surface area (Å²) in [5, 5.41) is 0.752. The summed E-state index contributed by atoms with van der Waals surface area (Å²) in [6.45, 7) is 2.43. The lowest BCUT2D eigenvalue weighted by Gasteiger charge is -2.16. The van der Waals surface area contributed by atoms with E-state index in [0.717, 1.165) is 29.4 Å². The second kappa shape index (κ2) is 10.6. The number of nitrogens with zero attached hydrogens (tertiary/aromatic N) is 2. The van der Waals surface area contributed by atoms with Crippen LogP contribution in [0.2, 0.25) is 5.02 Å². The maximum absolute atomic E-state index is 6.00. The van der Waals surface area contributed by atoms with Crippen LogP contribution in [0.5, 0.6) is 5.75 Å². The second-order valence-electron chi connectivity index (χ2n) is 4.64. The van der Waals surface area contributed by atoms with E-state index in [1.165, 1.54) is 0 Å². The zero-order valence-corrected chi connectivity index (χ0v) is 14.2. The molecule has 0 aliphatic heterocycles. The first kappa shape index (κ1) is 21.1. The quantitative estimate of drug-likeness (QED) is 0.797. The van der Waals surface area contributed by atoms with Crippen molar-refractivity contribution >= 4 is 36.4 Å². The summed E-state index contributed by atoms with van der Waals surface area (Å²) in [6.07, 6.45) is 0. The number of benzene rings is 1. The Balaban J connectivity index is 0. The van der Waals surface area contributed by atoms with Crippen molar-refractivity contribution in [1.82, 2.24) is 9.80 Å². The molecule has 0 heterocycles. The number of likely N-dealkylation sites (N-methyl/N-ethyl adjacent to an activating group) is 1. The van der Waals surface area contributed by atoms with Gasteiger partial charge in [-0.15, -0.1) is 24.8 Å². The van der Waals surface area contributed by atoms with Gasteiger partial charge in [0.25, 0.3) is 0 Å². The first-order valence-electron chi connectivity index (χ1n) is 5.69. The monoisotopic (exact) mass is 328 g/mol. The third kappa shape index (κ3) is 8.56. The molecule has 0 amide bonds. The van der Waals surface area contributed by atoms with Gasteiger partial charge in [-0.05, 0) is 46.4 Å². The average Bonchev–Trinajstić information content (AvgIpc) is 2.20. The largest absolute Gasteiger partial charge is 0.492 e. The molecule has 1 aromatic carbocycles. The van der Waals surface area contributed by atoms with Gasteiger partial charge in [0, 0.05) is 23.7 Å². The van der Waals surface area contributed by atoms with Crippen LogP contribution in [0.4, 0.5) is 0 Å². The third-order valence-corrected chi connectivity index (χ3v) is 2.54. The molecule has 0 saturated carbocycles. The van der Waals surface area contributed by atoms with Crippen LogP contribution in [0.15, 0.2) is 18.2 Å². The van der Waals surface area contributed by atoms with Crippen molar-refractivity contribution in [2.75, 3.05) is 41.3 Å². The van der Waals surface area contributed by atoms with Crippen LogP contribution < -0.4 is 4.74 Å². The summed E-state index contributed by atoms with van der Waals surface area (Å²) in [4.78, 5) is 4.20. The lowest BCUT2D eigenvalue weighted by Crippen LogP contribution is -2.20. The van der Waals surface area contributed by atoms with Gasteiger partial charge in [0.2, 0.25) is 0 Å². The van der Waals surface area contributed by atoms with Crippen molar-refractivity contribution in [3.05, 3.63) is 28.8 Å². The SMILES string of the molecule is CN(C)CCOc1ccc(Cl)cc1CN(C)C.Cl.Cl. The summed E-state index contributed by atoms with van der Waals surface area (Å²) in [6, 6.07) is 5.77. The molecule has 1 aromatic rings. The zero-order valence-electron chi connectivity index (χ0n) is 11.9. The Labute approximate surface area is 133 Å². The van der Waals surface area contributed by atoms with Crippen LogP contribution in [-0.4, -0.2) is 51.1 Å². The summed E-state index contributed by atoms with van der Waals surface area (Å²) in [5.41, 5.74) is 1.13. The van der Waals surface area contributed by atoms with Gasteiger partial charge in [-0.1, -0.05) is 11.6 Å². The van der Waals surface area contributed by atoms with Crippen molar-refractivity contribution in [3.8, 4) is 5.75 Å². The molecule has 0 aromatic heterocycles. The Morgan fingerprint density at radius 2 is 1.68 bits per heavy atom. The van der Waals surface area contributed by atoms with Gasteiger partial charge in [0.1, 0.15) is 12.4 Å². The fraction of sp³-hybridized carbons (Fsp3) is 0.538. The Hall–Kier alpha value is -0.190. The van der Waals surface area contributed by atoms with Crippen LogP contribution in [0.1, 0.15) is 5.56 Å². The van der Waals surface area contributed by atoms with Crippen molar-refractivity contribution in [3.63, 3.8) is 0 Å². The minimum atomic E-state index is 0. The van der Waals surface area contributed by atoms with E-state index in [-0.39, 0.29) is 24.8 Å². The molecule has 19 heavy (non-hydrogen) atoms. The van der Waals surface area contributed by atoms with Crippen molar-refractivity contribution < 1.29 is 4.74 Å². The molecule has 3 nitrogen and oxygen atoms in total. The Kier molecular flexibility index (Phi) is 11.8. The first-order valence-corrected chi connectivity index (χ1v) is 6.07. The maximum Gasteiger partial charge on any atom is 0.123 e. The van der Waals surface area contributed by atoms with Gasteiger partial charge >= 0.3 is 0 Å². The standard InChI is InChI=1S/C13H21ClN2O.2ClH/c1-15(2)7-8-17-13-6-5-12(14)9-11(13)10-16(3)4;;/h5-6,9H,7-8,10H2,1-4H3;2*1H. The van der Waals surface area contributed by atoms with E-state index in [0.29, 0.717) is 6.61 Å². The van der Waals surface area contributed by atoms with E-state index in [9.17, 15) is 0 Å². The summed E-state index contributed by atoms with van der Waals surface area (Å²) in [5.74, 6) is 0.921. The summed E-state index contributed by atoms with van der Waals surface area (Å²) < 4.78 is 5.78. The highest BCUT2D eigenvalue weighted by molar-refractivity contribution is 6.30. The van der Waals surface area contributed by atoms with Crippen molar-refractivity contribution in [2.24, 2.45) is 0 Å². The Morgan fingerprint density at radius 1 is 1.05 bits per heavy atom. The van der Waals surface area contributed by atoms with Crippen LogP contribution in [0.3, 0.4) is 0 Å². The van der Waals surface area contributed by atoms with Crippen LogP contribution in [0, 0.1) is 0 Å². The first-order chi connectivity index (χ1) is 7.99. The number of hydrogen-bond acceptors (Lipinski definition) is 3. The smallest absolute Gasteiger partial charge is 0.123 e.